The van der Waals surface area contributed by atoms with Gasteiger partial charge in [-0.15, -0.1) is 12.3 Å². The van der Waals surface area contributed by atoms with E-state index in [2.05, 4.69) is 26.7 Å². The van der Waals surface area contributed by atoms with Crippen LogP contribution in [0.15, 0.2) is 0 Å². The maximum Gasteiger partial charge on any atom is 0.00861 e. The van der Waals surface area contributed by atoms with Crippen LogP contribution in [-0.2, 0) is 0 Å². The van der Waals surface area contributed by atoms with Gasteiger partial charge in [-0.05, 0) is 24.7 Å². The molecule has 0 spiro atoms. The topological polar surface area (TPSA) is 0 Å². The summed E-state index contributed by atoms with van der Waals surface area (Å²) in [6.45, 7) is 6.82. The van der Waals surface area contributed by atoms with Crippen molar-refractivity contribution in [1.29, 1.82) is 0 Å². The van der Waals surface area contributed by atoms with Crippen molar-refractivity contribution in [2.24, 2.45) is 11.8 Å². The summed E-state index contributed by atoms with van der Waals surface area (Å²) in [7, 11) is 0. The zero-order valence-corrected chi connectivity index (χ0v) is 7.35. The number of terminal acetylenes is 1. The minimum Gasteiger partial charge on any atom is -0.120 e. The van der Waals surface area contributed by atoms with Gasteiger partial charge in [-0.1, -0.05) is 20.8 Å². The van der Waals surface area contributed by atoms with E-state index in [1.807, 2.05) is 0 Å². The lowest BCUT2D eigenvalue weighted by molar-refractivity contribution is 0.384. The molecule has 0 nitrogen and oxygen atoms in total. The molecular weight excluding hydrogens is 120 g/mol. The molecule has 0 aliphatic carbocycles. The SMILES string of the molecule is C#CCCCC(C)C(C)C. The minimum absolute atomic E-state index is 0.803. The molecule has 0 aliphatic heterocycles. The normalized spacial score (nSPS) is 13.1. The average Bonchev–Trinajstić information content (AvgIpc) is 1.88. The van der Waals surface area contributed by atoms with E-state index >= 15 is 0 Å². The van der Waals surface area contributed by atoms with Gasteiger partial charge in [-0.3, -0.25) is 0 Å². The molecule has 0 rings (SSSR count). The van der Waals surface area contributed by atoms with E-state index in [0.717, 1.165) is 18.3 Å². The molecule has 0 aromatic rings. The highest BCUT2D eigenvalue weighted by Gasteiger charge is 2.04. The summed E-state index contributed by atoms with van der Waals surface area (Å²) >= 11 is 0. The van der Waals surface area contributed by atoms with Gasteiger partial charge in [0.15, 0.2) is 0 Å². The van der Waals surface area contributed by atoms with Crippen LogP contribution in [0, 0.1) is 24.2 Å². The predicted octanol–water partition coefficient (Wildman–Crippen LogP) is 3.08. The highest BCUT2D eigenvalue weighted by Crippen LogP contribution is 2.16. The summed E-state index contributed by atoms with van der Waals surface area (Å²) in [5.41, 5.74) is 0. The number of hydrogen-bond acceptors (Lipinski definition) is 0. The van der Waals surface area contributed by atoms with Gasteiger partial charge >= 0.3 is 0 Å². The van der Waals surface area contributed by atoms with E-state index in [0.29, 0.717) is 0 Å². The predicted molar refractivity (Wildman–Crippen MR) is 46.7 cm³/mol. The second-order valence-corrected chi connectivity index (χ2v) is 3.32. The number of hydrogen-bond donors (Lipinski definition) is 0. The Bertz CT molecular complexity index is 106. The third kappa shape index (κ3) is 4.44. The van der Waals surface area contributed by atoms with Crippen molar-refractivity contribution in [3.05, 3.63) is 0 Å². The molecule has 0 fully saturated rings. The lowest BCUT2D eigenvalue weighted by atomic mass is 9.93. The van der Waals surface area contributed by atoms with Crippen molar-refractivity contribution >= 4 is 0 Å². The van der Waals surface area contributed by atoms with E-state index < -0.39 is 0 Å². The van der Waals surface area contributed by atoms with Gasteiger partial charge in [0.25, 0.3) is 0 Å². The molecule has 0 aliphatic rings. The van der Waals surface area contributed by atoms with Crippen molar-refractivity contribution in [2.45, 2.75) is 40.0 Å². The van der Waals surface area contributed by atoms with Crippen molar-refractivity contribution in [3.8, 4) is 12.3 Å². The summed E-state index contributed by atoms with van der Waals surface area (Å²) in [5, 5.41) is 0. The van der Waals surface area contributed by atoms with Gasteiger partial charge in [-0.2, -0.15) is 0 Å². The molecule has 0 amide bonds. The largest absolute Gasteiger partial charge is 0.120 e. The Morgan fingerprint density at radius 2 is 1.90 bits per heavy atom. The quantitative estimate of drug-likeness (QED) is 0.413. The molecule has 1 unspecified atom stereocenters. The summed E-state index contributed by atoms with van der Waals surface area (Å²) in [6.07, 6.45) is 8.55. The van der Waals surface area contributed by atoms with Crippen molar-refractivity contribution in [1.82, 2.24) is 0 Å². The third-order valence-corrected chi connectivity index (χ3v) is 2.12. The second-order valence-electron chi connectivity index (χ2n) is 3.32. The first-order chi connectivity index (χ1) is 4.68. The Hall–Kier alpha value is -0.440. The third-order valence-electron chi connectivity index (χ3n) is 2.12. The molecule has 58 valence electrons. The van der Waals surface area contributed by atoms with Gasteiger partial charge in [0, 0.05) is 6.42 Å². The first kappa shape index (κ1) is 9.56. The summed E-state index contributed by atoms with van der Waals surface area (Å²) in [5.74, 6) is 4.29. The molecule has 0 saturated heterocycles. The van der Waals surface area contributed by atoms with Gasteiger partial charge in [0.1, 0.15) is 0 Å². The van der Waals surface area contributed by atoms with E-state index in [4.69, 9.17) is 6.42 Å². The maximum absolute atomic E-state index is 5.14. The smallest absolute Gasteiger partial charge is 0.00861 e. The Labute approximate surface area is 65.0 Å². The molecule has 0 aromatic carbocycles. The lowest BCUT2D eigenvalue weighted by Gasteiger charge is -2.13. The zero-order chi connectivity index (χ0) is 7.98. The standard InChI is InChI=1S/C10H18/c1-5-6-7-8-10(4)9(2)3/h1,9-10H,6-8H2,2-4H3. The Balaban J connectivity index is 3.23. The molecule has 0 bridgehead atoms. The van der Waals surface area contributed by atoms with Crippen LogP contribution in [0.4, 0.5) is 0 Å². The second kappa shape index (κ2) is 5.35. The monoisotopic (exact) mass is 138 g/mol. The van der Waals surface area contributed by atoms with Crippen molar-refractivity contribution < 1.29 is 0 Å². The molecule has 0 heteroatoms. The van der Waals surface area contributed by atoms with Crippen LogP contribution < -0.4 is 0 Å². The van der Waals surface area contributed by atoms with E-state index in [1.54, 1.807) is 0 Å². The van der Waals surface area contributed by atoms with Crippen LogP contribution in [0.25, 0.3) is 0 Å². The van der Waals surface area contributed by atoms with Crippen LogP contribution in [0.2, 0.25) is 0 Å². The molecule has 0 aromatic heterocycles. The highest BCUT2D eigenvalue weighted by atomic mass is 14.1. The lowest BCUT2D eigenvalue weighted by Crippen LogP contribution is -2.02. The van der Waals surface area contributed by atoms with Crippen LogP contribution >= 0.6 is 0 Å². The van der Waals surface area contributed by atoms with Gasteiger partial charge in [-0.25, -0.2) is 0 Å². The fourth-order valence-electron chi connectivity index (χ4n) is 0.859. The van der Waals surface area contributed by atoms with E-state index in [-0.39, 0.29) is 0 Å². The highest BCUT2D eigenvalue weighted by molar-refractivity contribution is 4.83. The van der Waals surface area contributed by atoms with Gasteiger partial charge < -0.3 is 0 Å². The van der Waals surface area contributed by atoms with Crippen molar-refractivity contribution in [3.63, 3.8) is 0 Å². The van der Waals surface area contributed by atoms with Crippen LogP contribution in [0.5, 0.6) is 0 Å². The fourth-order valence-corrected chi connectivity index (χ4v) is 0.859. The zero-order valence-electron chi connectivity index (χ0n) is 7.35. The first-order valence-corrected chi connectivity index (χ1v) is 4.12. The van der Waals surface area contributed by atoms with Crippen LogP contribution in [-0.4, -0.2) is 0 Å². The van der Waals surface area contributed by atoms with E-state index in [9.17, 15) is 0 Å². The average molecular weight is 138 g/mol. The molecule has 0 heterocycles. The molecule has 0 saturated carbocycles. The minimum atomic E-state index is 0.803. The number of unbranched alkanes of at least 4 members (excludes halogenated alkanes) is 1. The van der Waals surface area contributed by atoms with Crippen LogP contribution in [0.1, 0.15) is 40.0 Å². The molecular formula is C10H18. The summed E-state index contributed by atoms with van der Waals surface area (Å²) in [4.78, 5) is 0. The molecule has 10 heavy (non-hydrogen) atoms. The van der Waals surface area contributed by atoms with Crippen molar-refractivity contribution in [2.75, 3.05) is 0 Å². The Morgan fingerprint density at radius 1 is 1.30 bits per heavy atom. The van der Waals surface area contributed by atoms with Gasteiger partial charge in [0.2, 0.25) is 0 Å². The number of rotatable bonds is 4. The summed E-state index contributed by atoms with van der Waals surface area (Å²) < 4.78 is 0. The molecule has 1 atom stereocenters. The maximum atomic E-state index is 5.14. The Kier molecular flexibility index (Phi) is 5.12. The Morgan fingerprint density at radius 3 is 2.30 bits per heavy atom. The fraction of sp³-hybridized carbons (Fsp3) is 0.800. The summed E-state index contributed by atoms with van der Waals surface area (Å²) in [6, 6.07) is 0. The molecule has 0 N–H and O–H groups in total. The first-order valence-electron chi connectivity index (χ1n) is 4.12. The van der Waals surface area contributed by atoms with E-state index in [1.165, 1.54) is 12.8 Å². The molecule has 0 radical (unpaired) electrons. The van der Waals surface area contributed by atoms with Crippen LogP contribution in [0.3, 0.4) is 0 Å². The van der Waals surface area contributed by atoms with Gasteiger partial charge in [0.05, 0.1) is 0 Å².